The number of carbonyl (C=O) groups excluding carboxylic acids is 4. The molecule has 1 aliphatic heterocycles. The minimum Gasteiger partial charge on any atom is -0.482 e. The summed E-state index contributed by atoms with van der Waals surface area (Å²) in [4.78, 5) is 50.4. The second-order valence-electron chi connectivity index (χ2n) is 12.0. The molecule has 15 heteroatoms. The molecule has 0 saturated heterocycles. The van der Waals surface area contributed by atoms with Crippen molar-refractivity contribution in [2.45, 2.75) is 38.4 Å². The molecule has 1 unspecified atom stereocenters. The van der Waals surface area contributed by atoms with Crippen molar-refractivity contribution in [1.82, 2.24) is 0 Å². The van der Waals surface area contributed by atoms with Gasteiger partial charge in [-0.25, -0.2) is 19.2 Å². The number of rotatable bonds is 12. The van der Waals surface area contributed by atoms with Crippen molar-refractivity contribution in [3.63, 3.8) is 0 Å². The van der Waals surface area contributed by atoms with Crippen LogP contribution in [0.1, 0.15) is 33.9 Å². The van der Waals surface area contributed by atoms with Crippen molar-refractivity contribution < 1.29 is 66.9 Å². The lowest BCUT2D eigenvalue weighted by Gasteiger charge is -2.32. The normalized spacial score (nSPS) is 14.2. The molecule has 0 aliphatic carbocycles. The second-order valence-corrected chi connectivity index (χ2v) is 12.0. The topological polar surface area (TPSA) is 198 Å². The number of hydrogen-bond donors (Lipinski definition) is 2. The first-order valence-corrected chi connectivity index (χ1v) is 17.1. The fraction of sp³-hybridized carbons (Fsp3) is 0.171. The molecule has 2 atom stereocenters. The van der Waals surface area contributed by atoms with E-state index in [1.54, 1.807) is 72.8 Å². The average Bonchev–Trinajstić information content (AvgIpc) is 3.20. The van der Waals surface area contributed by atoms with Crippen molar-refractivity contribution in [3.8, 4) is 28.7 Å². The Morgan fingerprint density at radius 1 is 0.571 bits per heavy atom. The fourth-order valence-electron chi connectivity index (χ4n) is 5.44. The molecule has 5 aromatic carbocycles. The first-order chi connectivity index (χ1) is 27.2. The smallest absolute Gasteiger partial charge is 0.482 e. The van der Waals surface area contributed by atoms with Crippen LogP contribution in [-0.2, 0) is 45.2 Å². The van der Waals surface area contributed by atoms with Crippen molar-refractivity contribution >= 4 is 24.6 Å². The minimum absolute atomic E-state index is 0.0642. The van der Waals surface area contributed by atoms with Crippen LogP contribution in [0.15, 0.2) is 121 Å². The largest absolute Gasteiger partial charge is 0.515 e. The standard InChI is InChI=1S/C41H35NO14/c42-25-51-41(47)56-36-18-29(16-17-33(36)54-39(45)49-23-27-12-6-2-7-13-27)37-32(43)21-31-34(53-37)19-30(52-38(44)48-22-26-10-4-1-5-11-26)20-35(31)55-40(46)50-24-28-14-8-3-9-15-28/h1-20,32,37,43H,21-25,42H2/t32-,37?/m1/s1. The molecular formula is C41H35NO14. The number of carbonyl (C=O) groups is 4. The molecule has 0 radical (unpaired) electrons. The van der Waals surface area contributed by atoms with Gasteiger partial charge in [-0.3, -0.25) is 5.73 Å². The monoisotopic (exact) mass is 765 g/mol. The number of aliphatic hydroxyl groups is 1. The van der Waals surface area contributed by atoms with E-state index in [0.29, 0.717) is 11.1 Å². The van der Waals surface area contributed by atoms with Gasteiger partial charge in [0.2, 0.25) is 0 Å². The lowest BCUT2D eigenvalue weighted by atomic mass is 9.94. The van der Waals surface area contributed by atoms with E-state index in [1.807, 2.05) is 18.2 Å². The Bertz CT molecular complexity index is 2130. The molecule has 6 rings (SSSR count). The molecule has 3 N–H and O–H groups in total. The third-order valence-electron chi connectivity index (χ3n) is 8.04. The highest BCUT2D eigenvalue weighted by atomic mass is 16.8. The summed E-state index contributed by atoms with van der Waals surface area (Å²) in [6, 6.07) is 33.4. The molecule has 56 heavy (non-hydrogen) atoms. The van der Waals surface area contributed by atoms with E-state index in [0.717, 1.165) is 5.56 Å². The Labute approximate surface area is 319 Å². The van der Waals surface area contributed by atoms with E-state index in [-0.39, 0.29) is 66.1 Å². The molecule has 288 valence electrons. The third kappa shape index (κ3) is 10.7. The summed E-state index contributed by atoms with van der Waals surface area (Å²) in [5.41, 5.74) is 7.97. The van der Waals surface area contributed by atoms with E-state index in [1.165, 1.54) is 30.3 Å². The van der Waals surface area contributed by atoms with Gasteiger partial charge < -0.3 is 47.7 Å². The summed E-state index contributed by atoms with van der Waals surface area (Å²) in [6.45, 7) is -0.738. The van der Waals surface area contributed by atoms with Crippen molar-refractivity contribution in [2.24, 2.45) is 5.73 Å². The number of benzene rings is 5. The van der Waals surface area contributed by atoms with Gasteiger partial charge in [0.05, 0.1) is 6.10 Å². The minimum atomic E-state index is -1.28. The fourth-order valence-corrected chi connectivity index (χ4v) is 5.44. The molecule has 0 saturated carbocycles. The average molecular weight is 766 g/mol. The zero-order chi connectivity index (χ0) is 39.3. The molecule has 0 spiro atoms. The van der Waals surface area contributed by atoms with E-state index < -0.39 is 43.6 Å². The van der Waals surface area contributed by atoms with Gasteiger partial charge in [0.15, 0.2) is 11.5 Å². The first kappa shape index (κ1) is 38.6. The Balaban J connectivity index is 1.23. The van der Waals surface area contributed by atoms with Crippen LogP contribution in [0, 0.1) is 0 Å². The van der Waals surface area contributed by atoms with Crippen LogP contribution in [0.25, 0.3) is 0 Å². The van der Waals surface area contributed by atoms with Gasteiger partial charge in [0, 0.05) is 24.1 Å². The summed E-state index contributed by atoms with van der Waals surface area (Å²) < 4.78 is 48.2. The van der Waals surface area contributed by atoms with Crippen molar-refractivity contribution in [1.29, 1.82) is 0 Å². The van der Waals surface area contributed by atoms with E-state index in [9.17, 15) is 24.3 Å². The van der Waals surface area contributed by atoms with Crippen LogP contribution in [0.5, 0.6) is 28.7 Å². The van der Waals surface area contributed by atoms with Crippen LogP contribution in [-0.4, -0.2) is 42.6 Å². The maximum Gasteiger partial charge on any atom is 0.515 e. The predicted octanol–water partition coefficient (Wildman–Crippen LogP) is 7.30. The molecular weight excluding hydrogens is 730 g/mol. The van der Waals surface area contributed by atoms with E-state index in [2.05, 4.69) is 0 Å². The number of aliphatic hydroxyl groups excluding tert-OH is 1. The lowest BCUT2D eigenvalue weighted by molar-refractivity contribution is 0.0190. The lowest BCUT2D eigenvalue weighted by Crippen LogP contribution is -2.31. The Kier molecular flexibility index (Phi) is 13.0. The van der Waals surface area contributed by atoms with Crippen molar-refractivity contribution in [2.75, 3.05) is 6.73 Å². The van der Waals surface area contributed by atoms with Gasteiger partial charge in [-0.15, -0.1) is 0 Å². The van der Waals surface area contributed by atoms with Crippen LogP contribution in [0.2, 0.25) is 0 Å². The molecule has 0 aromatic heterocycles. The van der Waals surface area contributed by atoms with Crippen LogP contribution in [0.3, 0.4) is 0 Å². The zero-order valence-electron chi connectivity index (χ0n) is 29.6. The molecule has 1 aliphatic rings. The number of fused-ring (bicyclic) bond motifs is 1. The van der Waals surface area contributed by atoms with Gasteiger partial charge in [-0.2, -0.15) is 0 Å². The van der Waals surface area contributed by atoms with Crippen LogP contribution in [0.4, 0.5) is 19.2 Å². The van der Waals surface area contributed by atoms with Gasteiger partial charge in [-0.1, -0.05) is 97.1 Å². The maximum atomic E-state index is 12.8. The molecule has 5 aromatic rings. The van der Waals surface area contributed by atoms with Gasteiger partial charge in [0.25, 0.3) is 0 Å². The van der Waals surface area contributed by atoms with Gasteiger partial charge >= 0.3 is 24.6 Å². The zero-order valence-corrected chi connectivity index (χ0v) is 29.6. The highest BCUT2D eigenvalue weighted by molar-refractivity contribution is 5.70. The summed E-state index contributed by atoms with van der Waals surface area (Å²) >= 11 is 0. The SMILES string of the molecule is NCOC(=O)Oc1cc(C2Oc3cc(OC(=O)OCc4ccccc4)cc(OC(=O)OCc4ccccc4)c3C[C@H]2O)ccc1OC(=O)OCc1ccccc1. The first-order valence-electron chi connectivity index (χ1n) is 17.1. The summed E-state index contributed by atoms with van der Waals surface area (Å²) in [7, 11) is 0. The summed E-state index contributed by atoms with van der Waals surface area (Å²) in [5.74, 6) is -0.678. The van der Waals surface area contributed by atoms with Gasteiger partial charge in [0.1, 0.15) is 49.9 Å². The summed E-state index contributed by atoms with van der Waals surface area (Å²) in [5, 5.41) is 11.4. The third-order valence-corrected chi connectivity index (χ3v) is 8.04. The predicted molar refractivity (Wildman–Crippen MR) is 194 cm³/mol. The second kappa shape index (κ2) is 18.8. The Hall–Kier alpha value is -7.10. The van der Waals surface area contributed by atoms with Gasteiger partial charge in [-0.05, 0) is 34.4 Å². The summed E-state index contributed by atoms with van der Waals surface area (Å²) in [6.07, 6.45) is -6.97. The quantitative estimate of drug-likeness (QED) is 0.0555. The van der Waals surface area contributed by atoms with E-state index >= 15 is 0 Å². The molecule has 0 bridgehead atoms. The molecule has 0 amide bonds. The number of ether oxygens (including phenoxy) is 9. The molecule has 1 heterocycles. The number of nitrogens with two attached hydrogens (primary N) is 1. The van der Waals surface area contributed by atoms with Crippen molar-refractivity contribution in [3.05, 3.63) is 149 Å². The Morgan fingerprint density at radius 3 is 1.59 bits per heavy atom. The van der Waals surface area contributed by atoms with E-state index in [4.69, 9.17) is 48.4 Å². The van der Waals surface area contributed by atoms with Crippen LogP contribution >= 0.6 is 0 Å². The van der Waals surface area contributed by atoms with Crippen LogP contribution < -0.4 is 29.4 Å². The Morgan fingerprint density at radius 2 is 1.05 bits per heavy atom. The molecule has 0 fully saturated rings. The highest BCUT2D eigenvalue weighted by Gasteiger charge is 2.34. The number of hydrogen-bond acceptors (Lipinski definition) is 15. The molecule has 15 nitrogen and oxygen atoms in total. The maximum absolute atomic E-state index is 12.8. The highest BCUT2D eigenvalue weighted by Crippen LogP contribution is 2.44.